The summed E-state index contributed by atoms with van der Waals surface area (Å²) in [6.07, 6.45) is 0.842. The molecule has 0 spiro atoms. The Hall–Kier alpha value is -1.17. The first kappa shape index (κ1) is 16.9. The Morgan fingerprint density at radius 2 is 1.90 bits per heavy atom. The zero-order chi connectivity index (χ0) is 15.0. The number of halogens is 1. The van der Waals surface area contributed by atoms with Gasteiger partial charge in [-0.15, -0.1) is 0 Å². The molecule has 5 heteroatoms. The van der Waals surface area contributed by atoms with Crippen LogP contribution in [-0.2, 0) is 9.47 Å². The van der Waals surface area contributed by atoms with Gasteiger partial charge in [-0.2, -0.15) is 0 Å². The molecule has 1 atom stereocenters. The maximum atomic E-state index is 14.2. The van der Waals surface area contributed by atoms with Crippen LogP contribution in [0.5, 0.6) is 0 Å². The number of hydrogen-bond donors (Lipinski definition) is 1. The molecule has 0 aromatic heterocycles. The molecule has 1 aromatic rings. The zero-order valence-electron chi connectivity index (χ0n) is 12.6. The maximum Gasteiger partial charge on any atom is 0.146 e. The summed E-state index contributed by atoms with van der Waals surface area (Å²) in [5.74, 6) is -0.242. The van der Waals surface area contributed by atoms with Crippen LogP contribution >= 0.6 is 0 Å². The van der Waals surface area contributed by atoms with E-state index in [1.54, 1.807) is 20.3 Å². The summed E-state index contributed by atoms with van der Waals surface area (Å²) in [5, 5.41) is 0. The van der Waals surface area contributed by atoms with Crippen molar-refractivity contribution in [2.75, 3.05) is 45.4 Å². The summed E-state index contributed by atoms with van der Waals surface area (Å²) in [4.78, 5) is 1.98. The van der Waals surface area contributed by atoms with E-state index in [4.69, 9.17) is 15.2 Å². The van der Waals surface area contributed by atoms with Crippen molar-refractivity contribution >= 4 is 5.69 Å². The fourth-order valence-corrected chi connectivity index (χ4v) is 2.02. The fourth-order valence-electron chi connectivity index (χ4n) is 2.02. The van der Waals surface area contributed by atoms with Crippen LogP contribution in [0.4, 0.5) is 10.1 Å². The molecule has 0 heterocycles. The smallest absolute Gasteiger partial charge is 0.146 e. The number of nitrogens with two attached hydrogens (primary N) is 1. The second-order valence-electron chi connectivity index (χ2n) is 4.83. The van der Waals surface area contributed by atoms with Crippen molar-refractivity contribution in [3.63, 3.8) is 0 Å². The van der Waals surface area contributed by atoms with Gasteiger partial charge in [0.2, 0.25) is 0 Å². The zero-order valence-corrected chi connectivity index (χ0v) is 12.6. The van der Waals surface area contributed by atoms with E-state index < -0.39 is 0 Å². The molecule has 0 saturated heterocycles. The van der Waals surface area contributed by atoms with E-state index >= 15 is 0 Å². The van der Waals surface area contributed by atoms with Crippen molar-refractivity contribution in [3.8, 4) is 0 Å². The highest BCUT2D eigenvalue weighted by atomic mass is 19.1. The summed E-state index contributed by atoms with van der Waals surface area (Å²) in [6, 6.07) is 5.01. The van der Waals surface area contributed by atoms with E-state index in [2.05, 4.69) is 0 Å². The minimum Gasteiger partial charge on any atom is -0.385 e. The van der Waals surface area contributed by atoms with E-state index in [-0.39, 0.29) is 11.9 Å². The largest absolute Gasteiger partial charge is 0.385 e. The van der Waals surface area contributed by atoms with Crippen molar-refractivity contribution in [1.82, 2.24) is 0 Å². The van der Waals surface area contributed by atoms with E-state index in [9.17, 15) is 4.39 Å². The molecule has 0 aliphatic carbocycles. The Morgan fingerprint density at radius 1 is 1.20 bits per heavy atom. The Bertz CT molecular complexity index is 399. The van der Waals surface area contributed by atoms with Gasteiger partial charge in [-0.1, -0.05) is 6.07 Å². The molecule has 1 aromatic carbocycles. The first-order valence-corrected chi connectivity index (χ1v) is 6.88. The average Bonchev–Trinajstić information content (AvgIpc) is 2.43. The molecule has 1 rings (SSSR count). The van der Waals surface area contributed by atoms with Crippen molar-refractivity contribution in [3.05, 3.63) is 29.6 Å². The molecular weight excluding hydrogens is 259 g/mol. The van der Waals surface area contributed by atoms with Crippen molar-refractivity contribution in [1.29, 1.82) is 0 Å². The molecule has 0 fully saturated rings. The predicted molar refractivity (Wildman–Crippen MR) is 79.6 cm³/mol. The topological polar surface area (TPSA) is 47.7 Å². The first-order valence-electron chi connectivity index (χ1n) is 6.88. The number of hydrogen-bond acceptors (Lipinski definition) is 4. The highest BCUT2D eigenvalue weighted by molar-refractivity contribution is 5.49. The SMILES string of the molecule is COCCCN(CCOC)c1ccc(C(C)N)cc1F. The van der Waals surface area contributed by atoms with Crippen LogP contribution in [0.3, 0.4) is 0 Å². The lowest BCUT2D eigenvalue weighted by Gasteiger charge is -2.25. The molecule has 0 radical (unpaired) electrons. The average molecular weight is 284 g/mol. The Kier molecular flexibility index (Phi) is 7.51. The summed E-state index contributed by atoms with van der Waals surface area (Å²) in [7, 11) is 3.31. The third-order valence-electron chi connectivity index (χ3n) is 3.18. The number of methoxy groups -OCH3 is 2. The van der Waals surface area contributed by atoms with E-state index in [0.29, 0.717) is 25.4 Å². The summed E-state index contributed by atoms with van der Waals surface area (Å²) >= 11 is 0. The number of rotatable bonds is 9. The van der Waals surface area contributed by atoms with Gasteiger partial charge in [0.1, 0.15) is 5.82 Å². The highest BCUT2D eigenvalue weighted by Crippen LogP contribution is 2.23. The summed E-state index contributed by atoms with van der Waals surface area (Å²) in [6.45, 7) is 4.43. The van der Waals surface area contributed by atoms with Crippen LogP contribution in [0.15, 0.2) is 18.2 Å². The molecule has 2 N–H and O–H groups in total. The predicted octanol–water partition coefficient (Wildman–Crippen LogP) is 2.33. The highest BCUT2D eigenvalue weighted by Gasteiger charge is 2.13. The number of nitrogens with zero attached hydrogens (tertiary/aromatic N) is 1. The van der Waals surface area contributed by atoms with Crippen LogP contribution in [0.25, 0.3) is 0 Å². The van der Waals surface area contributed by atoms with E-state index in [1.165, 1.54) is 6.07 Å². The van der Waals surface area contributed by atoms with Crippen molar-refractivity contribution in [2.24, 2.45) is 5.73 Å². The Morgan fingerprint density at radius 3 is 2.45 bits per heavy atom. The van der Waals surface area contributed by atoms with Crippen LogP contribution in [0.2, 0.25) is 0 Å². The third-order valence-corrected chi connectivity index (χ3v) is 3.18. The molecule has 0 bridgehead atoms. The molecule has 4 nitrogen and oxygen atoms in total. The van der Waals surface area contributed by atoms with E-state index in [1.807, 2.05) is 17.9 Å². The second kappa shape index (κ2) is 8.89. The van der Waals surface area contributed by atoms with Crippen molar-refractivity contribution < 1.29 is 13.9 Å². The molecule has 1 unspecified atom stereocenters. The van der Waals surface area contributed by atoms with Crippen LogP contribution in [-0.4, -0.2) is 40.5 Å². The minimum atomic E-state index is -0.242. The summed E-state index contributed by atoms with van der Waals surface area (Å²) in [5.41, 5.74) is 7.16. The molecule has 0 amide bonds. The molecule has 0 saturated carbocycles. The molecule has 114 valence electrons. The van der Waals surface area contributed by atoms with Gasteiger partial charge in [0.15, 0.2) is 0 Å². The van der Waals surface area contributed by atoms with E-state index in [0.717, 1.165) is 18.5 Å². The quantitative estimate of drug-likeness (QED) is 0.707. The first-order chi connectivity index (χ1) is 9.60. The molecular formula is C15H25FN2O2. The number of benzene rings is 1. The van der Waals surface area contributed by atoms with Crippen molar-refractivity contribution in [2.45, 2.75) is 19.4 Å². The van der Waals surface area contributed by atoms with Gasteiger partial charge in [-0.05, 0) is 31.0 Å². The molecule has 20 heavy (non-hydrogen) atoms. The standard InChI is InChI=1S/C15H25FN2O2/c1-12(17)13-5-6-15(14(16)11-13)18(8-10-20-3)7-4-9-19-2/h5-6,11-12H,4,7-10,17H2,1-3H3. The van der Waals surface area contributed by atoms with Gasteiger partial charge >= 0.3 is 0 Å². The van der Waals surface area contributed by atoms with Crippen LogP contribution in [0, 0.1) is 5.82 Å². The molecule has 0 aliphatic rings. The normalized spacial score (nSPS) is 12.4. The monoisotopic (exact) mass is 284 g/mol. The number of anilines is 1. The van der Waals surface area contributed by atoms with Crippen LogP contribution < -0.4 is 10.6 Å². The fraction of sp³-hybridized carbons (Fsp3) is 0.600. The second-order valence-corrected chi connectivity index (χ2v) is 4.83. The minimum absolute atomic E-state index is 0.167. The Balaban J connectivity index is 2.82. The number of ether oxygens (including phenoxy) is 2. The Labute approximate surface area is 120 Å². The van der Waals surface area contributed by atoms with Crippen LogP contribution in [0.1, 0.15) is 24.9 Å². The lowest BCUT2D eigenvalue weighted by molar-refractivity contribution is 0.191. The van der Waals surface area contributed by atoms with Gasteiger partial charge in [0.05, 0.1) is 12.3 Å². The van der Waals surface area contributed by atoms with Gasteiger partial charge in [0, 0.05) is 40.0 Å². The van der Waals surface area contributed by atoms with Gasteiger partial charge < -0.3 is 20.1 Å². The third kappa shape index (κ3) is 5.07. The molecule has 0 aliphatic heterocycles. The maximum absolute atomic E-state index is 14.2. The lowest BCUT2D eigenvalue weighted by Crippen LogP contribution is -2.30. The summed E-state index contributed by atoms with van der Waals surface area (Å²) < 4.78 is 24.4. The van der Waals surface area contributed by atoms with Gasteiger partial charge in [-0.25, -0.2) is 4.39 Å². The van der Waals surface area contributed by atoms with Gasteiger partial charge in [0.25, 0.3) is 0 Å². The van der Waals surface area contributed by atoms with Gasteiger partial charge in [-0.3, -0.25) is 0 Å². The lowest BCUT2D eigenvalue weighted by atomic mass is 10.1.